The van der Waals surface area contributed by atoms with Gasteiger partial charge in [0.25, 0.3) is 0 Å². The van der Waals surface area contributed by atoms with E-state index < -0.39 is 5.97 Å². The fourth-order valence-corrected chi connectivity index (χ4v) is 7.31. The zero-order chi connectivity index (χ0) is 24.5. The topological polar surface area (TPSA) is 85.9 Å². The number of ether oxygens (including phenoxy) is 1. The molecule has 4 fully saturated rings. The van der Waals surface area contributed by atoms with Crippen LogP contribution in [-0.4, -0.2) is 74.2 Å². The quantitative estimate of drug-likeness (QED) is 0.349. The van der Waals surface area contributed by atoms with Crippen LogP contribution in [0.3, 0.4) is 0 Å². The Morgan fingerprint density at radius 2 is 1.57 bits per heavy atom. The molecular formula is C28H52N4O3. The maximum Gasteiger partial charge on any atom is 0.317 e. The van der Waals surface area contributed by atoms with Crippen molar-refractivity contribution in [2.24, 2.45) is 23.7 Å². The molecule has 3 saturated carbocycles. The van der Waals surface area contributed by atoms with Crippen molar-refractivity contribution < 1.29 is 14.6 Å². The zero-order valence-electron chi connectivity index (χ0n) is 22.2. The van der Waals surface area contributed by atoms with Gasteiger partial charge in [-0.25, -0.2) is 0 Å². The Hall–Kier alpha value is -0.730. The van der Waals surface area contributed by atoms with Crippen molar-refractivity contribution in [3.8, 4) is 0 Å². The lowest BCUT2D eigenvalue weighted by atomic mass is 9.78. The Morgan fingerprint density at radius 1 is 0.886 bits per heavy atom. The predicted molar refractivity (Wildman–Crippen MR) is 140 cm³/mol. The highest BCUT2D eigenvalue weighted by Gasteiger charge is 2.32. The highest BCUT2D eigenvalue weighted by Crippen LogP contribution is 2.32. The van der Waals surface area contributed by atoms with Gasteiger partial charge in [-0.2, -0.15) is 0 Å². The van der Waals surface area contributed by atoms with Crippen LogP contribution in [0, 0.1) is 23.7 Å². The lowest BCUT2D eigenvalue weighted by molar-refractivity contribution is -0.138. The van der Waals surface area contributed by atoms with Crippen molar-refractivity contribution in [1.82, 2.24) is 20.9 Å². The minimum atomic E-state index is -0.675. The summed E-state index contributed by atoms with van der Waals surface area (Å²) in [6.07, 6.45) is 18.5. The van der Waals surface area contributed by atoms with Gasteiger partial charge in [0.1, 0.15) is 6.29 Å². The van der Waals surface area contributed by atoms with E-state index >= 15 is 0 Å². The molecule has 4 N–H and O–H groups in total. The minimum absolute atomic E-state index is 0.210. The van der Waals surface area contributed by atoms with Crippen LogP contribution in [0.2, 0.25) is 0 Å². The van der Waals surface area contributed by atoms with Gasteiger partial charge >= 0.3 is 5.97 Å². The molecule has 0 aromatic heterocycles. The van der Waals surface area contributed by atoms with Crippen LogP contribution < -0.4 is 16.0 Å². The number of aliphatic carboxylic acids is 1. The molecule has 0 spiro atoms. The second-order valence-corrected chi connectivity index (χ2v) is 12.1. The summed E-state index contributed by atoms with van der Waals surface area (Å²) in [7, 11) is 1.85. The molecule has 1 heterocycles. The summed E-state index contributed by atoms with van der Waals surface area (Å²) >= 11 is 0. The summed E-state index contributed by atoms with van der Waals surface area (Å²) in [4.78, 5) is 13.6. The van der Waals surface area contributed by atoms with Crippen LogP contribution in [0.4, 0.5) is 0 Å². The van der Waals surface area contributed by atoms with E-state index in [1.807, 2.05) is 7.11 Å². The SMILES string of the molecule is COC1CCC(C2CNC(NC3CCC(CCN(CC(=O)O)CC4CCCCC4)CC3)NC2)CC1. The average Bonchev–Trinajstić information content (AvgIpc) is 2.89. The number of nitrogens with one attached hydrogen (secondary N) is 3. The average molecular weight is 493 g/mol. The molecule has 0 aromatic carbocycles. The smallest absolute Gasteiger partial charge is 0.317 e. The summed E-state index contributed by atoms with van der Waals surface area (Å²) in [5, 5.41) is 20.7. The molecule has 7 heteroatoms. The Bertz CT molecular complexity index is 605. The van der Waals surface area contributed by atoms with Gasteiger partial charge in [0.2, 0.25) is 0 Å². The third kappa shape index (κ3) is 8.96. The van der Waals surface area contributed by atoms with Gasteiger partial charge in [-0.3, -0.25) is 25.6 Å². The van der Waals surface area contributed by atoms with E-state index in [-0.39, 0.29) is 12.8 Å². The molecule has 1 aliphatic heterocycles. The van der Waals surface area contributed by atoms with Crippen molar-refractivity contribution in [3.63, 3.8) is 0 Å². The second kappa shape index (κ2) is 14.3. The lowest BCUT2D eigenvalue weighted by Crippen LogP contribution is -2.63. The zero-order valence-corrected chi connectivity index (χ0v) is 22.2. The van der Waals surface area contributed by atoms with Crippen LogP contribution in [-0.2, 0) is 9.53 Å². The van der Waals surface area contributed by atoms with Gasteiger partial charge in [-0.05, 0) is 101 Å². The molecule has 7 nitrogen and oxygen atoms in total. The monoisotopic (exact) mass is 492 g/mol. The summed E-state index contributed by atoms with van der Waals surface area (Å²) in [5.74, 6) is 2.35. The Labute approximate surface area is 213 Å². The standard InChI is InChI=1S/C28H52N4O3/c1-35-26-13-9-23(10-14-26)24-17-29-28(30-18-24)31-25-11-7-21(8-12-25)15-16-32(20-27(33)34)19-22-5-3-2-4-6-22/h21-26,28-31H,2-20H2,1H3,(H,33,34). The summed E-state index contributed by atoms with van der Waals surface area (Å²) in [6.45, 7) is 4.37. The summed E-state index contributed by atoms with van der Waals surface area (Å²) < 4.78 is 5.54. The van der Waals surface area contributed by atoms with E-state index in [2.05, 4.69) is 20.9 Å². The van der Waals surface area contributed by atoms with E-state index in [0.29, 0.717) is 18.1 Å². The largest absolute Gasteiger partial charge is 0.480 e. The molecule has 4 rings (SSSR count). The third-order valence-corrected chi connectivity index (χ3v) is 9.59. The first-order chi connectivity index (χ1) is 17.1. The van der Waals surface area contributed by atoms with Crippen LogP contribution in [0.15, 0.2) is 0 Å². The molecule has 0 unspecified atom stereocenters. The van der Waals surface area contributed by atoms with Crippen molar-refractivity contribution in [2.75, 3.05) is 39.8 Å². The molecule has 0 aromatic rings. The summed E-state index contributed by atoms with van der Waals surface area (Å²) in [5.41, 5.74) is 0. The number of methoxy groups -OCH3 is 1. The van der Waals surface area contributed by atoms with Crippen molar-refractivity contribution in [1.29, 1.82) is 0 Å². The van der Waals surface area contributed by atoms with E-state index in [9.17, 15) is 9.90 Å². The minimum Gasteiger partial charge on any atom is -0.480 e. The first-order valence-electron chi connectivity index (χ1n) is 14.8. The van der Waals surface area contributed by atoms with Crippen molar-refractivity contribution in [2.45, 2.75) is 108 Å². The van der Waals surface area contributed by atoms with Gasteiger partial charge < -0.3 is 9.84 Å². The number of hydrogen-bond acceptors (Lipinski definition) is 6. The fraction of sp³-hybridized carbons (Fsp3) is 0.964. The predicted octanol–water partition coefficient (Wildman–Crippen LogP) is 3.79. The van der Waals surface area contributed by atoms with Crippen molar-refractivity contribution in [3.05, 3.63) is 0 Å². The molecule has 3 aliphatic carbocycles. The molecule has 0 bridgehead atoms. The maximum atomic E-state index is 11.4. The van der Waals surface area contributed by atoms with Crippen LogP contribution in [0.5, 0.6) is 0 Å². The first-order valence-corrected chi connectivity index (χ1v) is 14.8. The number of carbonyl (C=O) groups is 1. The van der Waals surface area contributed by atoms with E-state index in [4.69, 9.17) is 4.74 Å². The number of carboxylic acids is 1. The van der Waals surface area contributed by atoms with Gasteiger partial charge in [0.15, 0.2) is 0 Å². The molecular weight excluding hydrogens is 440 g/mol. The van der Waals surface area contributed by atoms with Crippen LogP contribution in [0.25, 0.3) is 0 Å². The van der Waals surface area contributed by atoms with Gasteiger partial charge in [-0.15, -0.1) is 0 Å². The van der Waals surface area contributed by atoms with Gasteiger partial charge in [0.05, 0.1) is 12.6 Å². The third-order valence-electron chi connectivity index (χ3n) is 9.59. The number of hydrogen-bond donors (Lipinski definition) is 4. The fourth-order valence-electron chi connectivity index (χ4n) is 7.31. The molecule has 35 heavy (non-hydrogen) atoms. The normalized spacial score (nSPS) is 35.3. The number of nitrogens with zero attached hydrogens (tertiary/aromatic N) is 1. The van der Waals surface area contributed by atoms with Crippen molar-refractivity contribution >= 4 is 5.97 Å². The molecule has 0 atom stereocenters. The molecule has 4 aliphatic rings. The Balaban J connectivity index is 1.10. The Kier molecular flexibility index (Phi) is 11.1. The number of rotatable bonds is 11. The van der Waals surface area contributed by atoms with Gasteiger partial charge in [0, 0.05) is 32.8 Å². The van der Waals surface area contributed by atoms with Crippen LogP contribution >= 0.6 is 0 Å². The van der Waals surface area contributed by atoms with Gasteiger partial charge in [-0.1, -0.05) is 19.3 Å². The highest BCUT2D eigenvalue weighted by molar-refractivity contribution is 5.69. The maximum absolute atomic E-state index is 11.4. The molecule has 1 saturated heterocycles. The summed E-state index contributed by atoms with van der Waals surface area (Å²) in [6, 6.07) is 0.585. The first kappa shape index (κ1) is 27.3. The molecule has 202 valence electrons. The molecule has 0 radical (unpaired) electrons. The lowest BCUT2D eigenvalue weighted by Gasteiger charge is -2.40. The van der Waals surface area contributed by atoms with E-state index in [1.165, 1.54) is 83.5 Å². The molecule has 0 amide bonds. The highest BCUT2D eigenvalue weighted by atomic mass is 16.5. The number of carboxylic acid groups (broad SMARTS) is 1. The van der Waals surface area contributed by atoms with E-state index in [0.717, 1.165) is 50.4 Å². The van der Waals surface area contributed by atoms with Crippen LogP contribution in [0.1, 0.15) is 89.9 Å². The second-order valence-electron chi connectivity index (χ2n) is 12.1. The van der Waals surface area contributed by atoms with E-state index in [1.54, 1.807) is 0 Å². The Morgan fingerprint density at radius 3 is 2.20 bits per heavy atom.